The minimum Gasteiger partial charge on any atom is -0.461 e. The Morgan fingerprint density at radius 1 is 1.14 bits per heavy atom. The molecule has 0 amide bonds. The largest absolute Gasteiger partial charge is 0.461 e. The van der Waals surface area contributed by atoms with Gasteiger partial charge in [-0.3, -0.25) is 9.59 Å². The van der Waals surface area contributed by atoms with Gasteiger partial charge in [0.25, 0.3) is 0 Å². The summed E-state index contributed by atoms with van der Waals surface area (Å²) in [5.41, 5.74) is 0.433. The van der Waals surface area contributed by atoms with Crippen LogP contribution in [0.25, 0.3) is 0 Å². The molecule has 1 aromatic rings. The fourth-order valence-electron chi connectivity index (χ4n) is 1.63. The van der Waals surface area contributed by atoms with Crippen LogP contribution in [0.15, 0.2) is 28.7 Å². The van der Waals surface area contributed by atoms with Crippen molar-refractivity contribution in [1.82, 2.24) is 0 Å². The zero-order valence-electron chi connectivity index (χ0n) is 12.6. The number of halogens is 1. The number of esters is 2. The third kappa shape index (κ3) is 8.50. The standard InChI is InChI=1S/C16H21BrO4/c1-16(2,3)21-15(19)9-5-8-14(18)20-11-12-6-4-7-13(17)10-12/h4,6-7,10H,5,8-9,11H2,1-3H3. The number of rotatable bonds is 6. The van der Waals surface area contributed by atoms with E-state index in [2.05, 4.69) is 15.9 Å². The van der Waals surface area contributed by atoms with E-state index in [4.69, 9.17) is 9.47 Å². The Balaban J connectivity index is 2.21. The highest BCUT2D eigenvalue weighted by Gasteiger charge is 2.16. The molecule has 5 heteroatoms. The van der Waals surface area contributed by atoms with Crippen molar-refractivity contribution in [2.75, 3.05) is 0 Å². The summed E-state index contributed by atoms with van der Waals surface area (Å²) in [5.74, 6) is -0.596. The van der Waals surface area contributed by atoms with Crippen LogP contribution in [0.1, 0.15) is 45.6 Å². The van der Waals surface area contributed by atoms with Gasteiger partial charge in [-0.2, -0.15) is 0 Å². The van der Waals surface area contributed by atoms with E-state index in [1.807, 2.05) is 45.0 Å². The minimum absolute atomic E-state index is 0.216. The molecule has 0 aliphatic rings. The van der Waals surface area contributed by atoms with Crippen LogP contribution in [0.2, 0.25) is 0 Å². The molecule has 0 radical (unpaired) electrons. The van der Waals surface area contributed by atoms with Gasteiger partial charge in [-0.1, -0.05) is 28.1 Å². The van der Waals surface area contributed by atoms with Gasteiger partial charge in [-0.05, 0) is 44.9 Å². The highest BCUT2D eigenvalue weighted by Crippen LogP contribution is 2.13. The van der Waals surface area contributed by atoms with Crippen molar-refractivity contribution in [3.05, 3.63) is 34.3 Å². The van der Waals surface area contributed by atoms with Crippen LogP contribution >= 0.6 is 15.9 Å². The predicted octanol–water partition coefficient (Wildman–Crippen LogP) is 4.00. The van der Waals surface area contributed by atoms with Crippen molar-refractivity contribution in [2.45, 2.75) is 52.2 Å². The van der Waals surface area contributed by atoms with Crippen LogP contribution in [-0.2, 0) is 25.7 Å². The Kier molecular flexibility index (Phi) is 6.89. The average Bonchev–Trinajstić information content (AvgIpc) is 2.34. The molecule has 0 atom stereocenters. The maximum atomic E-state index is 11.6. The van der Waals surface area contributed by atoms with Crippen LogP contribution in [0, 0.1) is 0 Å². The van der Waals surface area contributed by atoms with E-state index in [1.165, 1.54) is 0 Å². The van der Waals surface area contributed by atoms with Crippen LogP contribution in [0.5, 0.6) is 0 Å². The Hall–Kier alpha value is -1.36. The molecule has 21 heavy (non-hydrogen) atoms. The molecule has 0 aliphatic heterocycles. The van der Waals surface area contributed by atoms with Crippen LogP contribution in [0.3, 0.4) is 0 Å². The summed E-state index contributed by atoms with van der Waals surface area (Å²) < 4.78 is 11.3. The summed E-state index contributed by atoms with van der Waals surface area (Å²) in [7, 11) is 0. The van der Waals surface area contributed by atoms with Crippen molar-refractivity contribution >= 4 is 27.9 Å². The molecule has 0 saturated heterocycles. The fraction of sp³-hybridized carbons (Fsp3) is 0.500. The first kappa shape index (κ1) is 17.7. The molecule has 0 bridgehead atoms. The smallest absolute Gasteiger partial charge is 0.306 e. The molecule has 0 aromatic heterocycles. The van der Waals surface area contributed by atoms with Gasteiger partial charge >= 0.3 is 11.9 Å². The molecule has 0 heterocycles. The molecule has 1 rings (SSSR count). The van der Waals surface area contributed by atoms with Crippen molar-refractivity contribution < 1.29 is 19.1 Å². The van der Waals surface area contributed by atoms with Crippen LogP contribution < -0.4 is 0 Å². The maximum absolute atomic E-state index is 11.6. The molecule has 0 saturated carbocycles. The molecule has 0 fully saturated rings. The van der Waals surface area contributed by atoms with Gasteiger partial charge in [0.2, 0.25) is 0 Å². The summed E-state index contributed by atoms with van der Waals surface area (Å²) in [4.78, 5) is 23.1. The van der Waals surface area contributed by atoms with Crippen LogP contribution in [-0.4, -0.2) is 17.5 Å². The molecule has 0 N–H and O–H groups in total. The summed E-state index contributed by atoms with van der Waals surface area (Å²) in [6.07, 6.45) is 0.878. The van der Waals surface area contributed by atoms with Gasteiger partial charge in [0.05, 0.1) is 0 Å². The Morgan fingerprint density at radius 2 is 1.81 bits per heavy atom. The first-order chi connectivity index (χ1) is 9.76. The molecular weight excluding hydrogens is 336 g/mol. The van der Waals surface area contributed by atoms with Gasteiger partial charge in [0.15, 0.2) is 0 Å². The van der Waals surface area contributed by atoms with E-state index >= 15 is 0 Å². The summed E-state index contributed by atoms with van der Waals surface area (Å²) in [5, 5.41) is 0. The first-order valence-electron chi connectivity index (χ1n) is 6.88. The zero-order valence-corrected chi connectivity index (χ0v) is 14.2. The van der Waals surface area contributed by atoms with E-state index in [0.717, 1.165) is 10.0 Å². The molecule has 116 valence electrons. The molecule has 1 aromatic carbocycles. The molecule has 0 spiro atoms. The molecule has 0 aliphatic carbocycles. The van der Waals surface area contributed by atoms with Crippen LogP contribution in [0.4, 0.5) is 0 Å². The lowest BCUT2D eigenvalue weighted by molar-refractivity contribution is -0.155. The van der Waals surface area contributed by atoms with Crippen molar-refractivity contribution in [2.24, 2.45) is 0 Å². The second kappa shape index (κ2) is 8.17. The van der Waals surface area contributed by atoms with E-state index in [-0.39, 0.29) is 31.4 Å². The van der Waals surface area contributed by atoms with E-state index in [9.17, 15) is 9.59 Å². The SMILES string of the molecule is CC(C)(C)OC(=O)CCCC(=O)OCc1cccc(Br)c1. The minimum atomic E-state index is -0.488. The monoisotopic (exact) mass is 356 g/mol. The third-order valence-electron chi connectivity index (χ3n) is 2.47. The normalized spacial score (nSPS) is 11.0. The quantitative estimate of drug-likeness (QED) is 0.722. The van der Waals surface area contributed by atoms with E-state index in [1.54, 1.807) is 0 Å². The van der Waals surface area contributed by atoms with Gasteiger partial charge in [-0.15, -0.1) is 0 Å². The highest BCUT2D eigenvalue weighted by atomic mass is 79.9. The number of ether oxygens (including phenoxy) is 2. The number of carbonyl (C=O) groups excluding carboxylic acids is 2. The van der Waals surface area contributed by atoms with Gasteiger partial charge in [-0.25, -0.2) is 0 Å². The lowest BCUT2D eigenvalue weighted by Gasteiger charge is -2.19. The van der Waals surface area contributed by atoms with Gasteiger partial charge < -0.3 is 9.47 Å². The zero-order chi connectivity index (χ0) is 15.9. The summed E-state index contributed by atoms with van der Waals surface area (Å²) in [6.45, 7) is 5.69. The lowest BCUT2D eigenvalue weighted by atomic mass is 10.2. The molecule has 4 nitrogen and oxygen atoms in total. The summed E-state index contributed by atoms with van der Waals surface area (Å²) >= 11 is 3.36. The summed E-state index contributed by atoms with van der Waals surface area (Å²) in [6, 6.07) is 7.58. The van der Waals surface area contributed by atoms with E-state index < -0.39 is 5.60 Å². The number of hydrogen-bond donors (Lipinski definition) is 0. The second-order valence-corrected chi connectivity index (χ2v) is 6.65. The van der Waals surface area contributed by atoms with Gasteiger partial charge in [0.1, 0.15) is 12.2 Å². The Labute approximate surface area is 133 Å². The topological polar surface area (TPSA) is 52.6 Å². The number of hydrogen-bond acceptors (Lipinski definition) is 4. The molecule has 0 unspecified atom stereocenters. The molecular formula is C16H21BrO4. The van der Waals surface area contributed by atoms with Crippen molar-refractivity contribution in [3.8, 4) is 0 Å². The predicted molar refractivity (Wildman–Crippen MR) is 83.6 cm³/mol. The average molecular weight is 357 g/mol. The fourth-order valence-corrected chi connectivity index (χ4v) is 2.08. The Bertz CT molecular complexity index is 491. The second-order valence-electron chi connectivity index (χ2n) is 5.73. The Morgan fingerprint density at radius 3 is 2.43 bits per heavy atom. The third-order valence-corrected chi connectivity index (χ3v) is 2.96. The number of carbonyl (C=O) groups is 2. The van der Waals surface area contributed by atoms with Crippen molar-refractivity contribution in [3.63, 3.8) is 0 Å². The highest BCUT2D eigenvalue weighted by molar-refractivity contribution is 9.10. The number of benzene rings is 1. The van der Waals surface area contributed by atoms with Gasteiger partial charge in [0, 0.05) is 17.3 Å². The first-order valence-corrected chi connectivity index (χ1v) is 7.67. The van der Waals surface area contributed by atoms with Crippen molar-refractivity contribution in [1.29, 1.82) is 0 Å². The lowest BCUT2D eigenvalue weighted by Crippen LogP contribution is -2.23. The van der Waals surface area contributed by atoms with E-state index in [0.29, 0.717) is 6.42 Å². The maximum Gasteiger partial charge on any atom is 0.306 e.